The van der Waals surface area contributed by atoms with Crippen LogP contribution in [0.3, 0.4) is 0 Å². The molecule has 2 aromatic carbocycles. The Morgan fingerprint density at radius 3 is 2.68 bits per heavy atom. The number of hydrogen-bond donors (Lipinski definition) is 1. The van der Waals surface area contributed by atoms with E-state index in [9.17, 15) is 4.79 Å². The smallest absolute Gasteiger partial charge is 0.256 e. The lowest BCUT2D eigenvalue weighted by atomic mass is 10.1. The van der Waals surface area contributed by atoms with Crippen molar-refractivity contribution in [2.75, 3.05) is 5.32 Å². The molecule has 3 nitrogen and oxygen atoms in total. The van der Waals surface area contributed by atoms with Crippen LogP contribution in [0.2, 0.25) is 0 Å². The van der Waals surface area contributed by atoms with Crippen molar-refractivity contribution < 1.29 is 4.79 Å². The van der Waals surface area contributed by atoms with Crippen LogP contribution in [-0.4, -0.2) is 5.91 Å². The van der Waals surface area contributed by atoms with Crippen molar-refractivity contribution in [2.45, 2.75) is 0 Å². The third-order valence-electron chi connectivity index (χ3n) is 2.47. The summed E-state index contributed by atoms with van der Waals surface area (Å²) >= 11 is 5.43. The zero-order valence-electron chi connectivity index (χ0n) is 9.65. The highest BCUT2D eigenvalue weighted by Crippen LogP contribution is 2.22. The molecular formula is C14H8BrIN2O. The lowest BCUT2D eigenvalue weighted by Gasteiger charge is -2.08. The van der Waals surface area contributed by atoms with Crippen molar-refractivity contribution in [3.05, 3.63) is 61.6 Å². The summed E-state index contributed by atoms with van der Waals surface area (Å²) in [4.78, 5) is 12.2. The van der Waals surface area contributed by atoms with Crippen molar-refractivity contribution in [3.8, 4) is 6.07 Å². The summed E-state index contributed by atoms with van der Waals surface area (Å²) in [6.07, 6.45) is 0. The molecule has 0 unspecified atom stereocenters. The van der Waals surface area contributed by atoms with Gasteiger partial charge in [-0.1, -0.05) is 28.1 Å². The molecule has 19 heavy (non-hydrogen) atoms. The molecule has 0 bridgehead atoms. The van der Waals surface area contributed by atoms with Gasteiger partial charge in [0.2, 0.25) is 0 Å². The molecule has 0 aliphatic rings. The van der Waals surface area contributed by atoms with E-state index in [1.54, 1.807) is 24.3 Å². The monoisotopic (exact) mass is 426 g/mol. The van der Waals surface area contributed by atoms with Crippen LogP contribution in [0.15, 0.2) is 46.9 Å². The summed E-state index contributed by atoms with van der Waals surface area (Å²) in [5.41, 5.74) is 1.52. The van der Waals surface area contributed by atoms with Gasteiger partial charge in [0.1, 0.15) is 6.07 Å². The summed E-state index contributed by atoms with van der Waals surface area (Å²) in [5.74, 6) is -0.223. The van der Waals surface area contributed by atoms with Gasteiger partial charge in [0, 0.05) is 8.04 Å². The van der Waals surface area contributed by atoms with Gasteiger partial charge >= 0.3 is 0 Å². The van der Waals surface area contributed by atoms with Gasteiger partial charge in [-0.25, -0.2) is 0 Å². The predicted molar refractivity (Wildman–Crippen MR) is 86.0 cm³/mol. The average Bonchev–Trinajstić information content (AvgIpc) is 2.39. The molecule has 2 aromatic rings. The second-order valence-corrected chi connectivity index (χ2v) is 5.81. The Hall–Kier alpha value is -1.39. The molecule has 5 heteroatoms. The van der Waals surface area contributed by atoms with Crippen LogP contribution < -0.4 is 5.32 Å². The summed E-state index contributed by atoms with van der Waals surface area (Å²) in [5, 5.41) is 11.8. The summed E-state index contributed by atoms with van der Waals surface area (Å²) in [7, 11) is 0. The van der Waals surface area contributed by atoms with E-state index < -0.39 is 0 Å². The number of benzene rings is 2. The van der Waals surface area contributed by atoms with Crippen LogP contribution in [0, 0.1) is 14.9 Å². The van der Waals surface area contributed by atoms with Crippen molar-refractivity contribution in [1.29, 1.82) is 5.26 Å². The Morgan fingerprint density at radius 2 is 2.00 bits per heavy atom. The van der Waals surface area contributed by atoms with Crippen molar-refractivity contribution in [1.82, 2.24) is 0 Å². The number of halogens is 2. The van der Waals surface area contributed by atoms with Crippen LogP contribution >= 0.6 is 38.5 Å². The lowest BCUT2D eigenvalue weighted by molar-refractivity contribution is 0.102. The highest BCUT2D eigenvalue weighted by atomic mass is 127. The molecule has 2 rings (SSSR count). The first-order valence-electron chi connectivity index (χ1n) is 5.37. The number of rotatable bonds is 2. The molecule has 94 valence electrons. The van der Waals surface area contributed by atoms with Gasteiger partial charge in [-0.15, -0.1) is 0 Å². The molecule has 0 atom stereocenters. The van der Waals surface area contributed by atoms with Gasteiger partial charge in [0.05, 0.1) is 16.8 Å². The second kappa shape index (κ2) is 6.17. The number of nitriles is 1. The zero-order valence-corrected chi connectivity index (χ0v) is 13.4. The first-order chi connectivity index (χ1) is 9.11. The molecule has 0 heterocycles. The molecule has 0 aromatic heterocycles. The van der Waals surface area contributed by atoms with E-state index in [2.05, 4.69) is 49.9 Å². The molecule has 0 saturated carbocycles. The van der Waals surface area contributed by atoms with Gasteiger partial charge in [-0.05, 0) is 52.9 Å². The first-order valence-corrected chi connectivity index (χ1v) is 7.24. The quantitative estimate of drug-likeness (QED) is 0.732. The minimum Gasteiger partial charge on any atom is -0.321 e. The third kappa shape index (κ3) is 3.33. The Kier molecular flexibility index (Phi) is 4.56. The highest BCUT2D eigenvalue weighted by Gasteiger charge is 2.11. The van der Waals surface area contributed by atoms with E-state index in [1.807, 2.05) is 18.2 Å². The second-order valence-electron chi connectivity index (χ2n) is 3.74. The van der Waals surface area contributed by atoms with Crippen LogP contribution in [0.1, 0.15) is 15.9 Å². The fraction of sp³-hybridized carbons (Fsp3) is 0. The SMILES string of the molecule is N#Cc1ccc(Br)cc1NC(=O)c1ccccc1I. The zero-order chi connectivity index (χ0) is 13.8. The predicted octanol–water partition coefficient (Wildman–Crippen LogP) is 4.18. The number of carbonyl (C=O) groups excluding carboxylic acids is 1. The van der Waals surface area contributed by atoms with E-state index >= 15 is 0 Å². The molecule has 1 N–H and O–H groups in total. The topological polar surface area (TPSA) is 52.9 Å². The number of carbonyl (C=O) groups is 1. The average molecular weight is 427 g/mol. The minimum atomic E-state index is -0.223. The molecule has 0 radical (unpaired) electrons. The van der Waals surface area contributed by atoms with E-state index in [1.165, 1.54) is 0 Å². The van der Waals surface area contributed by atoms with Crippen molar-refractivity contribution >= 4 is 50.1 Å². The molecular weight excluding hydrogens is 419 g/mol. The summed E-state index contributed by atoms with van der Waals surface area (Å²) in [6.45, 7) is 0. The Morgan fingerprint density at radius 1 is 1.26 bits per heavy atom. The van der Waals surface area contributed by atoms with Crippen molar-refractivity contribution in [3.63, 3.8) is 0 Å². The summed E-state index contributed by atoms with van der Waals surface area (Å²) in [6, 6.07) is 14.5. The molecule has 0 spiro atoms. The Bertz CT molecular complexity index is 679. The van der Waals surface area contributed by atoms with Gasteiger partial charge in [0.15, 0.2) is 0 Å². The number of amides is 1. The standard InChI is InChI=1S/C14H8BrIN2O/c15-10-6-5-9(8-17)13(7-10)18-14(19)11-3-1-2-4-12(11)16/h1-7H,(H,18,19). The van der Waals surface area contributed by atoms with Crippen molar-refractivity contribution in [2.24, 2.45) is 0 Å². The van der Waals surface area contributed by atoms with Gasteiger partial charge < -0.3 is 5.32 Å². The van der Waals surface area contributed by atoms with E-state index in [0.29, 0.717) is 16.8 Å². The number of anilines is 1. The minimum absolute atomic E-state index is 0.223. The van der Waals surface area contributed by atoms with E-state index in [4.69, 9.17) is 5.26 Å². The lowest BCUT2D eigenvalue weighted by Crippen LogP contribution is -2.14. The molecule has 0 aliphatic heterocycles. The van der Waals surface area contributed by atoms with Crippen LogP contribution in [-0.2, 0) is 0 Å². The number of hydrogen-bond acceptors (Lipinski definition) is 2. The molecule has 0 fully saturated rings. The van der Waals surface area contributed by atoms with Gasteiger partial charge in [-0.2, -0.15) is 5.26 Å². The maximum Gasteiger partial charge on any atom is 0.256 e. The number of nitrogens with zero attached hydrogens (tertiary/aromatic N) is 1. The molecule has 0 aliphatic carbocycles. The highest BCUT2D eigenvalue weighted by molar-refractivity contribution is 14.1. The van der Waals surface area contributed by atoms with Crippen LogP contribution in [0.25, 0.3) is 0 Å². The van der Waals surface area contributed by atoms with E-state index in [-0.39, 0.29) is 5.91 Å². The van der Waals surface area contributed by atoms with Gasteiger partial charge in [0.25, 0.3) is 5.91 Å². The normalized spacial score (nSPS) is 9.74. The fourth-order valence-corrected chi connectivity index (χ4v) is 2.55. The Labute approximate surface area is 132 Å². The summed E-state index contributed by atoms with van der Waals surface area (Å²) < 4.78 is 1.68. The Balaban J connectivity index is 2.32. The van der Waals surface area contributed by atoms with E-state index in [0.717, 1.165) is 8.04 Å². The maximum atomic E-state index is 12.2. The molecule has 0 saturated heterocycles. The number of nitrogens with one attached hydrogen (secondary N) is 1. The third-order valence-corrected chi connectivity index (χ3v) is 3.90. The van der Waals surface area contributed by atoms with Crippen LogP contribution in [0.5, 0.6) is 0 Å². The van der Waals surface area contributed by atoms with Gasteiger partial charge in [-0.3, -0.25) is 4.79 Å². The largest absolute Gasteiger partial charge is 0.321 e. The van der Waals surface area contributed by atoms with Crippen LogP contribution in [0.4, 0.5) is 5.69 Å². The first kappa shape index (κ1) is 14.0. The molecule has 1 amide bonds. The maximum absolute atomic E-state index is 12.2. The fourth-order valence-electron chi connectivity index (χ4n) is 1.55.